The Bertz CT molecular complexity index is 685. The molecule has 0 aliphatic rings. The van der Waals surface area contributed by atoms with Crippen LogP contribution in [0.1, 0.15) is 18.9 Å². The molecule has 0 aliphatic heterocycles. The number of likely N-dealkylation sites (N-methyl/N-ethyl adjacent to an activating group) is 1. The number of rotatable bonds is 7. The highest BCUT2D eigenvalue weighted by Gasteiger charge is 2.44. The van der Waals surface area contributed by atoms with Crippen molar-refractivity contribution in [2.24, 2.45) is 0 Å². The molecule has 0 aliphatic carbocycles. The first-order valence-electron chi connectivity index (χ1n) is 7.89. The Balaban J connectivity index is 2.63. The first-order chi connectivity index (χ1) is 11.6. The first kappa shape index (κ1) is 18.3. The summed E-state index contributed by atoms with van der Waals surface area (Å²) in [5.41, 5.74) is 0.852. The average molecular weight is 388 g/mol. The van der Waals surface area contributed by atoms with Crippen molar-refractivity contribution in [2.75, 3.05) is 18.6 Å². The van der Waals surface area contributed by atoms with Gasteiger partial charge in [-0.15, -0.1) is 6.58 Å². The van der Waals surface area contributed by atoms with Gasteiger partial charge in [0.15, 0.2) is 5.54 Å². The van der Waals surface area contributed by atoms with Crippen LogP contribution in [0.3, 0.4) is 0 Å². The minimum Gasteiger partial charge on any atom is -0.464 e. The van der Waals surface area contributed by atoms with Gasteiger partial charge in [0.05, 0.1) is 6.61 Å². The van der Waals surface area contributed by atoms with Crippen LogP contribution in [0.5, 0.6) is 0 Å². The molecular formula is C20H22BrNO2. The molecule has 0 amide bonds. The fourth-order valence-electron chi connectivity index (χ4n) is 2.84. The fourth-order valence-corrected chi connectivity index (χ4v) is 3.11. The van der Waals surface area contributed by atoms with Crippen LogP contribution in [0.15, 0.2) is 71.7 Å². The predicted octanol–water partition coefficient (Wildman–Crippen LogP) is 4.92. The van der Waals surface area contributed by atoms with Crippen LogP contribution >= 0.6 is 15.9 Å². The van der Waals surface area contributed by atoms with Crippen molar-refractivity contribution in [3.8, 4) is 0 Å². The predicted molar refractivity (Wildman–Crippen MR) is 102 cm³/mol. The van der Waals surface area contributed by atoms with Crippen molar-refractivity contribution >= 4 is 27.6 Å². The van der Waals surface area contributed by atoms with Crippen LogP contribution in [0, 0.1) is 0 Å². The van der Waals surface area contributed by atoms with Crippen molar-refractivity contribution in [1.29, 1.82) is 0 Å². The Labute approximate surface area is 152 Å². The maximum absolute atomic E-state index is 13.0. The summed E-state index contributed by atoms with van der Waals surface area (Å²) in [6.45, 7) is 6.01. The average Bonchev–Trinajstić information content (AvgIpc) is 2.61. The Morgan fingerprint density at radius 2 is 1.83 bits per heavy atom. The molecule has 0 heterocycles. The second-order valence-electron chi connectivity index (χ2n) is 5.48. The minimum absolute atomic E-state index is 0.279. The molecule has 3 nitrogen and oxygen atoms in total. The molecule has 0 fully saturated rings. The SMILES string of the molecule is C=CCC(C(=O)OCC)(c1ccc(Br)cc1)N(C)c1ccccc1. The summed E-state index contributed by atoms with van der Waals surface area (Å²) in [7, 11) is 1.91. The third-order valence-electron chi connectivity index (χ3n) is 4.09. The van der Waals surface area contributed by atoms with Gasteiger partial charge in [0, 0.05) is 23.6 Å². The van der Waals surface area contributed by atoms with Gasteiger partial charge in [-0.3, -0.25) is 0 Å². The number of nitrogens with zero attached hydrogens (tertiary/aromatic N) is 1. The van der Waals surface area contributed by atoms with E-state index in [-0.39, 0.29) is 5.97 Å². The van der Waals surface area contributed by atoms with Gasteiger partial charge >= 0.3 is 5.97 Å². The molecule has 0 radical (unpaired) electrons. The van der Waals surface area contributed by atoms with Crippen molar-refractivity contribution in [3.63, 3.8) is 0 Å². The largest absolute Gasteiger partial charge is 0.464 e. The Hall–Kier alpha value is -2.07. The highest BCUT2D eigenvalue weighted by molar-refractivity contribution is 9.10. The molecule has 1 unspecified atom stereocenters. The van der Waals surface area contributed by atoms with Crippen molar-refractivity contribution in [1.82, 2.24) is 0 Å². The van der Waals surface area contributed by atoms with Crippen molar-refractivity contribution in [3.05, 3.63) is 77.3 Å². The highest BCUT2D eigenvalue weighted by Crippen LogP contribution is 2.37. The Morgan fingerprint density at radius 1 is 1.21 bits per heavy atom. The molecule has 4 heteroatoms. The number of anilines is 1. The maximum Gasteiger partial charge on any atom is 0.337 e. The van der Waals surface area contributed by atoms with E-state index in [1.54, 1.807) is 6.08 Å². The zero-order chi connectivity index (χ0) is 17.6. The van der Waals surface area contributed by atoms with E-state index in [0.717, 1.165) is 15.7 Å². The highest BCUT2D eigenvalue weighted by atomic mass is 79.9. The van der Waals surface area contributed by atoms with Crippen molar-refractivity contribution in [2.45, 2.75) is 18.9 Å². The standard InChI is InChI=1S/C20H22BrNO2/c1-4-15-20(19(23)24-5-2,16-11-13-17(21)14-12-16)22(3)18-9-7-6-8-10-18/h4,6-14H,1,5,15H2,2-3H3. The summed E-state index contributed by atoms with van der Waals surface area (Å²) in [4.78, 5) is 15.0. The summed E-state index contributed by atoms with van der Waals surface area (Å²) >= 11 is 3.45. The molecule has 1 atom stereocenters. The molecule has 24 heavy (non-hydrogen) atoms. The second-order valence-corrected chi connectivity index (χ2v) is 6.39. The Kier molecular flexibility index (Phi) is 6.21. The van der Waals surface area contributed by atoms with E-state index >= 15 is 0 Å². The van der Waals surface area contributed by atoms with Crippen LogP contribution in [0.4, 0.5) is 5.69 Å². The molecule has 0 bridgehead atoms. The number of esters is 1. The summed E-state index contributed by atoms with van der Waals surface area (Å²) in [5, 5.41) is 0. The number of ether oxygens (including phenoxy) is 1. The lowest BCUT2D eigenvalue weighted by molar-refractivity contribution is -0.150. The molecule has 0 saturated carbocycles. The molecule has 126 valence electrons. The molecule has 0 N–H and O–H groups in total. The lowest BCUT2D eigenvalue weighted by atomic mass is 9.84. The van der Waals surface area contributed by atoms with E-state index in [1.807, 2.05) is 73.5 Å². The van der Waals surface area contributed by atoms with Crippen LogP contribution < -0.4 is 4.90 Å². The number of para-hydroxylation sites is 1. The number of hydrogen-bond acceptors (Lipinski definition) is 3. The summed E-state index contributed by atoms with van der Waals surface area (Å²) in [6.07, 6.45) is 2.21. The van der Waals surface area contributed by atoms with E-state index < -0.39 is 5.54 Å². The van der Waals surface area contributed by atoms with Crippen LogP contribution in [0.2, 0.25) is 0 Å². The number of carbonyl (C=O) groups is 1. The molecule has 0 aromatic heterocycles. The van der Waals surface area contributed by atoms with Crippen LogP contribution in [-0.4, -0.2) is 19.6 Å². The molecule has 2 aromatic rings. The van der Waals surface area contributed by atoms with E-state index in [4.69, 9.17) is 4.74 Å². The quantitative estimate of drug-likeness (QED) is 0.498. The normalized spacial score (nSPS) is 13.0. The molecule has 0 spiro atoms. The van der Waals surface area contributed by atoms with E-state index in [9.17, 15) is 4.79 Å². The first-order valence-corrected chi connectivity index (χ1v) is 8.68. The van der Waals surface area contributed by atoms with Gasteiger partial charge < -0.3 is 9.64 Å². The van der Waals surface area contributed by atoms with Gasteiger partial charge in [0.25, 0.3) is 0 Å². The summed E-state index contributed by atoms with van der Waals surface area (Å²) in [6, 6.07) is 17.6. The lowest BCUT2D eigenvalue weighted by Crippen LogP contribution is -2.51. The number of halogens is 1. The monoisotopic (exact) mass is 387 g/mol. The number of carbonyl (C=O) groups excluding carboxylic acids is 1. The molecule has 2 rings (SSSR count). The second kappa shape index (κ2) is 8.15. The molecular weight excluding hydrogens is 366 g/mol. The minimum atomic E-state index is -0.959. The number of hydrogen-bond donors (Lipinski definition) is 0. The van der Waals surface area contributed by atoms with Crippen molar-refractivity contribution < 1.29 is 9.53 Å². The third kappa shape index (κ3) is 3.54. The van der Waals surface area contributed by atoms with Gasteiger partial charge in [-0.2, -0.15) is 0 Å². The molecule has 0 saturated heterocycles. The van der Waals surface area contributed by atoms with Gasteiger partial charge in [0.2, 0.25) is 0 Å². The van der Waals surface area contributed by atoms with Crippen LogP contribution in [0.25, 0.3) is 0 Å². The maximum atomic E-state index is 13.0. The third-order valence-corrected chi connectivity index (χ3v) is 4.62. The lowest BCUT2D eigenvalue weighted by Gasteiger charge is -2.41. The zero-order valence-corrected chi connectivity index (χ0v) is 15.6. The van der Waals surface area contributed by atoms with E-state index in [0.29, 0.717) is 13.0 Å². The van der Waals surface area contributed by atoms with Gasteiger partial charge in [0.1, 0.15) is 0 Å². The fraction of sp³-hybridized carbons (Fsp3) is 0.250. The number of benzene rings is 2. The van der Waals surface area contributed by atoms with E-state index in [2.05, 4.69) is 22.5 Å². The van der Waals surface area contributed by atoms with Crippen LogP contribution in [-0.2, 0) is 15.1 Å². The zero-order valence-electron chi connectivity index (χ0n) is 14.0. The van der Waals surface area contributed by atoms with Gasteiger partial charge in [-0.1, -0.05) is 52.3 Å². The van der Waals surface area contributed by atoms with Gasteiger partial charge in [-0.25, -0.2) is 4.79 Å². The van der Waals surface area contributed by atoms with Gasteiger partial charge in [-0.05, 0) is 36.8 Å². The summed E-state index contributed by atoms with van der Waals surface area (Å²) < 4.78 is 6.41. The topological polar surface area (TPSA) is 29.5 Å². The smallest absolute Gasteiger partial charge is 0.337 e. The molecule has 2 aromatic carbocycles. The summed E-state index contributed by atoms with van der Waals surface area (Å²) in [5.74, 6) is -0.279. The Morgan fingerprint density at radius 3 is 2.38 bits per heavy atom. The van der Waals surface area contributed by atoms with E-state index in [1.165, 1.54) is 0 Å².